The van der Waals surface area contributed by atoms with Crippen LogP contribution in [0.3, 0.4) is 0 Å². The van der Waals surface area contributed by atoms with Crippen molar-refractivity contribution in [1.82, 2.24) is 19.9 Å². The number of ether oxygens (including phenoxy) is 2. The maximum atomic E-state index is 5.81. The molecule has 8 aromatic rings. The Hall–Kier alpha value is -4.68. The Morgan fingerprint density at radius 2 is 0.685 bits per heavy atom. The van der Waals surface area contributed by atoms with Gasteiger partial charge in [-0.05, 0) is 13.8 Å². The van der Waals surface area contributed by atoms with E-state index < -0.39 is 0 Å². The second kappa shape index (κ2) is 16.4. The molecule has 0 fully saturated rings. The van der Waals surface area contributed by atoms with E-state index in [9.17, 15) is 0 Å². The SMILES string of the molecule is CO[C@@H](C)Cc1sc(-c2ccccc2)nc1-c1sc(-c2ccccc2)nc1-c1nc(-c2ccccc2)sc1-c1nc(-c2ccccc2)sc1C[C@H](C)OC. The van der Waals surface area contributed by atoms with Crippen molar-refractivity contribution in [1.29, 1.82) is 0 Å². The van der Waals surface area contributed by atoms with Gasteiger partial charge in [0.25, 0.3) is 0 Å². The topological polar surface area (TPSA) is 70.0 Å². The van der Waals surface area contributed by atoms with Gasteiger partial charge in [-0.2, -0.15) is 0 Å². The quantitative estimate of drug-likeness (QED) is 0.116. The molecule has 0 saturated heterocycles. The minimum Gasteiger partial charge on any atom is -0.381 e. The van der Waals surface area contributed by atoms with Crippen LogP contribution in [-0.2, 0) is 22.3 Å². The van der Waals surface area contributed by atoms with Gasteiger partial charge in [0.15, 0.2) is 0 Å². The summed E-state index contributed by atoms with van der Waals surface area (Å²) in [4.78, 5) is 26.0. The number of benzene rings is 4. The molecule has 0 aliphatic rings. The molecule has 0 aliphatic heterocycles. The minimum atomic E-state index is 0.00838. The summed E-state index contributed by atoms with van der Waals surface area (Å²) >= 11 is 6.77. The van der Waals surface area contributed by atoms with Crippen LogP contribution in [0.15, 0.2) is 121 Å². The highest BCUT2D eigenvalue weighted by Gasteiger charge is 2.30. The molecule has 0 radical (unpaired) electrons. The predicted molar refractivity (Wildman–Crippen MR) is 228 cm³/mol. The zero-order chi connectivity index (χ0) is 37.0. The van der Waals surface area contributed by atoms with Crippen molar-refractivity contribution in [2.75, 3.05) is 14.2 Å². The lowest BCUT2D eigenvalue weighted by Crippen LogP contribution is -2.08. The summed E-state index contributed by atoms with van der Waals surface area (Å²) in [5.41, 5.74) is 7.74. The van der Waals surface area contributed by atoms with Crippen molar-refractivity contribution in [3.8, 4) is 74.8 Å². The van der Waals surface area contributed by atoms with Gasteiger partial charge in [-0.1, -0.05) is 121 Å². The molecule has 4 aromatic heterocycles. The van der Waals surface area contributed by atoms with Gasteiger partial charge in [-0.3, -0.25) is 0 Å². The number of methoxy groups -OCH3 is 2. The molecule has 270 valence electrons. The fraction of sp³-hybridized carbons (Fsp3) is 0.182. The maximum Gasteiger partial charge on any atom is 0.124 e. The number of nitrogens with zero attached hydrogens (tertiary/aromatic N) is 4. The molecular formula is C44H38N4O2S4. The molecule has 4 heterocycles. The average Bonchev–Trinajstić information content (AvgIpc) is 4.04. The van der Waals surface area contributed by atoms with E-state index in [0.717, 1.165) is 97.4 Å². The van der Waals surface area contributed by atoms with Crippen molar-refractivity contribution >= 4 is 45.3 Å². The van der Waals surface area contributed by atoms with Gasteiger partial charge in [0.2, 0.25) is 0 Å². The molecule has 2 atom stereocenters. The summed E-state index contributed by atoms with van der Waals surface area (Å²) in [7, 11) is 3.53. The highest BCUT2D eigenvalue weighted by Crippen LogP contribution is 2.50. The zero-order valence-electron chi connectivity index (χ0n) is 30.4. The molecule has 0 unspecified atom stereocenters. The first-order valence-corrected chi connectivity index (χ1v) is 21.0. The second-order valence-corrected chi connectivity index (χ2v) is 17.1. The van der Waals surface area contributed by atoms with Crippen molar-refractivity contribution in [2.24, 2.45) is 0 Å². The van der Waals surface area contributed by atoms with Crippen LogP contribution in [0, 0.1) is 0 Å². The van der Waals surface area contributed by atoms with Gasteiger partial charge < -0.3 is 9.47 Å². The first kappa shape index (κ1) is 36.3. The fourth-order valence-electron chi connectivity index (χ4n) is 6.12. The van der Waals surface area contributed by atoms with Crippen LogP contribution in [0.1, 0.15) is 23.6 Å². The number of hydrogen-bond donors (Lipinski definition) is 0. The first-order chi connectivity index (χ1) is 26.5. The van der Waals surface area contributed by atoms with Crippen LogP contribution >= 0.6 is 45.3 Å². The van der Waals surface area contributed by atoms with E-state index in [-0.39, 0.29) is 12.2 Å². The van der Waals surface area contributed by atoms with Gasteiger partial charge in [0, 0.05) is 59.1 Å². The summed E-state index contributed by atoms with van der Waals surface area (Å²) in [6.07, 6.45) is 1.46. The number of hydrogen-bond acceptors (Lipinski definition) is 10. The lowest BCUT2D eigenvalue weighted by atomic mass is 10.1. The van der Waals surface area contributed by atoms with Crippen LogP contribution < -0.4 is 0 Å². The number of thiazole rings is 4. The third-order valence-electron chi connectivity index (χ3n) is 9.14. The van der Waals surface area contributed by atoms with Gasteiger partial charge in [-0.25, -0.2) is 19.9 Å². The largest absolute Gasteiger partial charge is 0.381 e. The molecule has 0 N–H and O–H groups in total. The van der Waals surface area contributed by atoms with Gasteiger partial charge >= 0.3 is 0 Å². The van der Waals surface area contributed by atoms with E-state index in [2.05, 4.69) is 111 Å². The molecule has 10 heteroatoms. The minimum absolute atomic E-state index is 0.00838. The van der Waals surface area contributed by atoms with E-state index >= 15 is 0 Å². The van der Waals surface area contributed by atoms with Crippen molar-refractivity contribution < 1.29 is 9.47 Å². The summed E-state index contributed by atoms with van der Waals surface area (Å²) in [6.45, 7) is 4.21. The molecule has 0 aliphatic carbocycles. The van der Waals surface area contributed by atoms with Crippen LogP contribution in [0.2, 0.25) is 0 Å². The molecule has 0 bridgehead atoms. The lowest BCUT2D eigenvalue weighted by Gasteiger charge is -2.10. The standard InChI is InChI=1S/C44H38N4O2S4/c1-27(49-3)25-33-35(45-41(51-33)29-17-9-5-10-18-29)39-37(47-43(53-39)31-21-13-7-14-22-31)38-40(54-44(48-38)32-23-15-8-16-24-32)36-34(26-28(2)50-4)52-42(46-36)30-19-11-6-12-20-30/h5-24,27-28H,25-26H2,1-4H3/t27-,28-/m0/s1. The van der Waals surface area contributed by atoms with Crippen LogP contribution in [0.5, 0.6) is 0 Å². The number of rotatable bonds is 13. The predicted octanol–water partition coefficient (Wildman–Crippen LogP) is 12.3. The van der Waals surface area contributed by atoms with E-state index in [0.29, 0.717) is 0 Å². The van der Waals surface area contributed by atoms with Crippen LogP contribution in [0.4, 0.5) is 0 Å². The van der Waals surface area contributed by atoms with Crippen LogP contribution in [0.25, 0.3) is 74.8 Å². The van der Waals surface area contributed by atoms with Crippen molar-refractivity contribution in [3.63, 3.8) is 0 Å². The number of aromatic nitrogens is 4. The molecular weight excluding hydrogens is 745 g/mol. The molecule has 0 saturated carbocycles. The molecule has 8 rings (SSSR count). The highest BCUT2D eigenvalue weighted by atomic mass is 32.1. The Balaban J connectivity index is 1.39. The molecule has 54 heavy (non-hydrogen) atoms. The van der Waals surface area contributed by atoms with E-state index in [4.69, 9.17) is 29.4 Å². The molecule has 0 spiro atoms. The summed E-state index contributed by atoms with van der Waals surface area (Å²) < 4.78 is 11.6. The fourth-order valence-corrected chi connectivity index (χ4v) is 10.8. The zero-order valence-corrected chi connectivity index (χ0v) is 33.6. The highest BCUT2D eigenvalue weighted by molar-refractivity contribution is 7.21. The van der Waals surface area contributed by atoms with E-state index in [1.807, 2.05) is 24.3 Å². The van der Waals surface area contributed by atoms with Gasteiger partial charge in [0.1, 0.15) is 31.4 Å². The van der Waals surface area contributed by atoms with Gasteiger partial charge in [0.05, 0.1) is 33.4 Å². The Kier molecular flexibility index (Phi) is 11.0. The van der Waals surface area contributed by atoms with Gasteiger partial charge in [-0.15, -0.1) is 45.3 Å². The smallest absolute Gasteiger partial charge is 0.124 e. The third kappa shape index (κ3) is 7.63. The van der Waals surface area contributed by atoms with E-state index in [1.165, 1.54) is 0 Å². The summed E-state index contributed by atoms with van der Waals surface area (Å²) in [6, 6.07) is 41.6. The lowest BCUT2D eigenvalue weighted by molar-refractivity contribution is 0.119. The van der Waals surface area contributed by atoms with Crippen LogP contribution in [-0.4, -0.2) is 46.4 Å². The van der Waals surface area contributed by atoms with Crippen molar-refractivity contribution in [3.05, 3.63) is 131 Å². The third-order valence-corrected chi connectivity index (χ3v) is 13.6. The average molecular weight is 783 g/mol. The second-order valence-electron chi connectivity index (χ2n) is 12.9. The Morgan fingerprint density at radius 3 is 0.981 bits per heavy atom. The molecule has 0 amide bonds. The first-order valence-electron chi connectivity index (χ1n) is 17.8. The van der Waals surface area contributed by atoms with E-state index in [1.54, 1.807) is 59.6 Å². The normalized spacial score (nSPS) is 12.6. The van der Waals surface area contributed by atoms with Crippen molar-refractivity contribution in [2.45, 2.75) is 38.9 Å². The Bertz CT molecular complexity index is 2280. The Morgan fingerprint density at radius 1 is 0.407 bits per heavy atom. The summed E-state index contributed by atoms with van der Waals surface area (Å²) in [5.74, 6) is 0. The maximum absolute atomic E-state index is 5.81. The summed E-state index contributed by atoms with van der Waals surface area (Å²) in [5, 5.41) is 3.77. The molecule has 6 nitrogen and oxygen atoms in total. The monoisotopic (exact) mass is 782 g/mol. The molecule has 4 aromatic carbocycles. The Labute approximate surface area is 331 Å².